The molecule has 0 bridgehead atoms. The normalized spacial score (nSPS) is 12.5. The summed E-state index contributed by atoms with van der Waals surface area (Å²) in [5.41, 5.74) is 3.09. The summed E-state index contributed by atoms with van der Waals surface area (Å²) in [6, 6.07) is 7.22. The number of hydrogen-bond acceptors (Lipinski definition) is 6. The van der Waals surface area contributed by atoms with Crippen LogP contribution in [0.4, 0.5) is 4.79 Å². The van der Waals surface area contributed by atoms with Crippen LogP contribution < -0.4 is 16.1 Å². The zero-order valence-corrected chi connectivity index (χ0v) is 19.8. The van der Waals surface area contributed by atoms with Crippen LogP contribution in [0.3, 0.4) is 0 Å². The second-order valence-corrected chi connectivity index (χ2v) is 8.57. The molecule has 0 saturated carbocycles. The Hall–Kier alpha value is -3.43. The molecular formula is C23H34N4O6. The minimum Gasteiger partial charge on any atom is -0.445 e. The maximum Gasteiger partial charge on any atom is 0.408 e. The summed E-state index contributed by atoms with van der Waals surface area (Å²) in [7, 11) is 1.23. The molecule has 0 aromatic heterocycles. The van der Waals surface area contributed by atoms with E-state index in [1.807, 2.05) is 58.0 Å². The quantitative estimate of drug-likeness (QED) is 0.260. The maximum absolute atomic E-state index is 13.0. The minimum absolute atomic E-state index is 0.0421. The monoisotopic (exact) mass is 462 g/mol. The molecule has 0 aliphatic carbocycles. The van der Waals surface area contributed by atoms with Gasteiger partial charge in [0, 0.05) is 7.05 Å². The average molecular weight is 463 g/mol. The lowest BCUT2D eigenvalue weighted by atomic mass is 10.0. The molecule has 4 amide bonds. The van der Waals surface area contributed by atoms with Gasteiger partial charge in [-0.2, -0.15) is 0 Å². The van der Waals surface area contributed by atoms with Crippen molar-refractivity contribution in [3.05, 3.63) is 35.9 Å². The summed E-state index contributed by atoms with van der Waals surface area (Å²) in [5.74, 6) is -2.02. The Kier molecular flexibility index (Phi) is 11.6. The molecule has 33 heavy (non-hydrogen) atoms. The third kappa shape index (κ3) is 10.6. The molecule has 182 valence electrons. The number of benzene rings is 1. The van der Waals surface area contributed by atoms with Crippen molar-refractivity contribution in [2.75, 3.05) is 7.05 Å². The van der Waals surface area contributed by atoms with E-state index < -0.39 is 35.9 Å². The zero-order chi connectivity index (χ0) is 25.0. The van der Waals surface area contributed by atoms with Crippen LogP contribution in [0.25, 0.3) is 0 Å². The lowest BCUT2D eigenvalue weighted by Crippen LogP contribution is -2.57. The number of hydrazine groups is 1. The van der Waals surface area contributed by atoms with Gasteiger partial charge in [0.25, 0.3) is 5.91 Å². The number of hydrogen-bond donors (Lipinski definition) is 3. The van der Waals surface area contributed by atoms with Crippen molar-refractivity contribution in [1.29, 1.82) is 0 Å². The highest BCUT2D eigenvalue weighted by Gasteiger charge is 2.29. The largest absolute Gasteiger partial charge is 0.445 e. The lowest BCUT2D eigenvalue weighted by Gasteiger charge is -2.26. The van der Waals surface area contributed by atoms with Crippen molar-refractivity contribution in [1.82, 2.24) is 21.1 Å². The van der Waals surface area contributed by atoms with Crippen molar-refractivity contribution in [2.24, 2.45) is 11.8 Å². The minimum atomic E-state index is -0.976. The predicted molar refractivity (Wildman–Crippen MR) is 121 cm³/mol. The topological polar surface area (TPSA) is 134 Å². The first-order chi connectivity index (χ1) is 15.5. The van der Waals surface area contributed by atoms with Crippen molar-refractivity contribution < 1.29 is 28.7 Å². The molecule has 10 heteroatoms. The summed E-state index contributed by atoms with van der Waals surface area (Å²) >= 11 is 0. The van der Waals surface area contributed by atoms with E-state index in [-0.39, 0.29) is 31.1 Å². The Labute approximate surface area is 194 Å². The molecule has 2 atom stereocenters. The molecule has 0 fully saturated rings. The zero-order valence-electron chi connectivity index (χ0n) is 19.8. The second-order valence-electron chi connectivity index (χ2n) is 8.57. The average Bonchev–Trinajstić information content (AvgIpc) is 2.76. The predicted octanol–water partition coefficient (Wildman–Crippen LogP) is 1.55. The van der Waals surface area contributed by atoms with Crippen LogP contribution in [-0.2, 0) is 30.5 Å². The first-order valence-electron chi connectivity index (χ1n) is 10.8. The SMILES string of the molecule is CC(C)C[C@H](NC(=O)OCc1ccccc1)C(=O)N[C@@H](CC(C)C)C(=O)NN(C)C(=O)C=O. The van der Waals surface area contributed by atoms with Crippen LogP contribution in [0, 0.1) is 11.8 Å². The van der Waals surface area contributed by atoms with E-state index in [0.29, 0.717) is 6.42 Å². The second kappa shape index (κ2) is 13.9. The molecule has 0 aliphatic rings. The molecule has 0 heterocycles. The number of rotatable bonds is 11. The Morgan fingerprint density at radius 3 is 1.97 bits per heavy atom. The number of amides is 4. The molecule has 10 nitrogen and oxygen atoms in total. The first kappa shape index (κ1) is 27.6. The molecule has 1 aromatic rings. The van der Waals surface area contributed by atoms with Gasteiger partial charge in [-0.1, -0.05) is 58.0 Å². The Balaban J connectivity index is 2.83. The summed E-state index contributed by atoms with van der Waals surface area (Å²) in [5, 5.41) is 5.97. The van der Waals surface area contributed by atoms with Gasteiger partial charge in [-0.25, -0.2) is 4.79 Å². The van der Waals surface area contributed by atoms with E-state index in [1.165, 1.54) is 7.05 Å². The first-order valence-corrected chi connectivity index (χ1v) is 10.8. The number of nitrogens with zero attached hydrogens (tertiary/aromatic N) is 1. The van der Waals surface area contributed by atoms with Gasteiger partial charge in [-0.05, 0) is 30.2 Å². The highest BCUT2D eigenvalue weighted by atomic mass is 16.5. The van der Waals surface area contributed by atoms with Crippen LogP contribution in [0.1, 0.15) is 46.1 Å². The molecule has 0 aliphatic heterocycles. The van der Waals surface area contributed by atoms with Gasteiger partial charge < -0.3 is 15.4 Å². The van der Waals surface area contributed by atoms with E-state index in [2.05, 4.69) is 16.1 Å². The van der Waals surface area contributed by atoms with Crippen LogP contribution in [0.2, 0.25) is 0 Å². The van der Waals surface area contributed by atoms with Gasteiger partial charge in [-0.15, -0.1) is 0 Å². The van der Waals surface area contributed by atoms with Gasteiger partial charge in [0.2, 0.25) is 12.2 Å². The fourth-order valence-electron chi connectivity index (χ4n) is 2.96. The van der Waals surface area contributed by atoms with Gasteiger partial charge >= 0.3 is 12.0 Å². The number of carbonyl (C=O) groups excluding carboxylic acids is 5. The number of carbonyl (C=O) groups is 5. The summed E-state index contributed by atoms with van der Waals surface area (Å²) < 4.78 is 5.21. The van der Waals surface area contributed by atoms with Gasteiger partial charge in [-0.3, -0.25) is 29.6 Å². The van der Waals surface area contributed by atoms with Crippen LogP contribution in [0.5, 0.6) is 0 Å². The van der Waals surface area contributed by atoms with E-state index >= 15 is 0 Å². The van der Waals surface area contributed by atoms with Crippen molar-refractivity contribution in [3.8, 4) is 0 Å². The molecular weight excluding hydrogens is 428 g/mol. The Morgan fingerprint density at radius 2 is 1.45 bits per heavy atom. The van der Waals surface area contributed by atoms with Gasteiger partial charge in [0.05, 0.1) is 0 Å². The molecule has 0 unspecified atom stereocenters. The van der Waals surface area contributed by atoms with Crippen LogP contribution in [0.15, 0.2) is 30.3 Å². The Bertz CT molecular complexity index is 812. The summed E-state index contributed by atoms with van der Waals surface area (Å²) in [4.78, 5) is 59.9. The number of nitrogens with one attached hydrogen (secondary N) is 3. The van der Waals surface area contributed by atoms with Crippen molar-refractivity contribution >= 4 is 30.1 Å². The Morgan fingerprint density at radius 1 is 0.909 bits per heavy atom. The standard InChI is InChI=1S/C23H34N4O6/c1-15(2)11-18(25-23(32)33-14-17-9-7-6-8-10-17)21(30)24-19(12-16(3)4)22(31)26-27(5)20(29)13-28/h6-10,13,15-16,18-19H,11-12,14H2,1-5H3,(H,24,30)(H,25,32)(H,26,31)/t18-,19-/m0/s1. The van der Waals surface area contributed by atoms with Crippen molar-refractivity contribution in [2.45, 2.75) is 59.2 Å². The van der Waals surface area contributed by atoms with E-state index in [4.69, 9.17) is 4.74 Å². The number of likely N-dealkylation sites (N-methyl/N-ethyl adjacent to an activating group) is 1. The highest BCUT2D eigenvalue weighted by molar-refractivity contribution is 6.23. The molecule has 3 N–H and O–H groups in total. The third-order valence-electron chi connectivity index (χ3n) is 4.58. The fourth-order valence-corrected chi connectivity index (χ4v) is 2.96. The fraction of sp³-hybridized carbons (Fsp3) is 0.522. The highest BCUT2D eigenvalue weighted by Crippen LogP contribution is 2.10. The van der Waals surface area contributed by atoms with E-state index in [0.717, 1.165) is 10.6 Å². The molecule has 0 spiro atoms. The summed E-state index contributed by atoms with van der Waals surface area (Å²) in [6.07, 6.45) is -0.0694. The summed E-state index contributed by atoms with van der Waals surface area (Å²) in [6.45, 7) is 7.60. The van der Waals surface area contributed by atoms with Gasteiger partial charge in [0.15, 0.2) is 0 Å². The lowest BCUT2D eigenvalue weighted by molar-refractivity contribution is -0.144. The van der Waals surface area contributed by atoms with Crippen LogP contribution >= 0.6 is 0 Å². The number of ether oxygens (including phenoxy) is 1. The molecule has 1 aromatic carbocycles. The maximum atomic E-state index is 13.0. The molecule has 1 rings (SSSR count). The van der Waals surface area contributed by atoms with Crippen molar-refractivity contribution in [3.63, 3.8) is 0 Å². The third-order valence-corrected chi connectivity index (χ3v) is 4.58. The smallest absolute Gasteiger partial charge is 0.408 e. The van der Waals surface area contributed by atoms with Crippen LogP contribution in [-0.4, -0.2) is 54.2 Å². The number of aldehydes is 1. The van der Waals surface area contributed by atoms with E-state index in [1.54, 1.807) is 0 Å². The number of alkyl carbamates (subject to hydrolysis) is 1. The molecule has 0 radical (unpaired) electrons. The molecule has 0 saturated heterocycles. The van der Waals surface area contributed by atoms with Gasteiger partial charge in [0.1, 0.15) is 18.7 Å². The van der Waals surface area contributed by atoms with E-state index in [9.17, 15) is 24.0 Å².